The maximum absolute atomic E-state index is 12.3. The van der Waals surface area contributed by atoms with Crippen LogP contribution < -0.4 is 4.90 Å². The maximum atomic E-state index is 12.3. The zero-order chi connectivity index (χ0) is 13.9. The Morgan fingerprint density at radius 1 is 1.05 bits per heavy atom. The molecule has 2 heterocycles. The standard InChI is InChI=1S/C14H16N2O2S2/c17-13-5-3-12(4-6-13)15-7-9-16(10-8-15)20(18)14-2-1-11-19-14/h1-6,11,17H,7-10H2. The lowest BCUT2D eigenvalue weighted by Gasteiger charge is -2.34. The number of rotatable bonds is 3. The molecule has 1 unspecified atom stereocenters. The second-order valence-electron chi connectivity index (χ2n) is 4.61. The molecule has 1 saturated heterocycles. The molecule has 0 spiro atoms. The molecule has 2 aromatic rings. The lowest BCUT2D eigenvalue weighted by atomic mass is 10.2. The fourth-order valence-corrected chi connectivity index (χ4v) is 4.47. The van der Waals surface area contributed by atoms with E-state index in [1.54, 1.807) is 23.5 Å². The summed E-state index contributed by atoms with van der Waals surface area (Å²) in [5, 5.41) is 11.3. The summed E-state index contributed by atoms with van der Waals surface area (Å²) in [6.45, 7) is 3.26. The van der Waals surface area contributed by atoms with Gasteiger partial charge in [-0.05, 0) is 35.7 Å². The van der Waals surface area contributed by atoms with Crippen molar-refractivity contribution in [1.82, 2.24) is 4.31 Å². The molecule has 1 N–H and O–H groups in total. The van der Waals surface area contributed by atoms with Crippen LogP contribution in [-0.2, 0) is 11.0 Å². The molecule has 0 saturated carbocycles. The summed E-state index contributed by atoms with van der Waals surface area (Å²) in [5.41, 5.74) is 1.10. The number of aromatic hydroxyl groups is 1. The number of anilines is 1. The molecule has 3 rings (SSSR count). The van der Waals surface area contributed by atoms with Crippen molar-refractivity contribution >= 4 is 28.0 Å². The summed E-state index contributed by atoms with van der Waals surface area (Å²) >= 11 is 1.54. The molecular weight excluding hydrogens is 292 g/mol. The van der Waals surface area contributed by atoms with Gasteiger partial charge in [0.05, 0.1) is 0 Å². The van der Waals surface area contributed by atoms with Gasteiger partial charge >= 0.3 is 0 Å². The fraction of sp³-hybridized carbons (Fsp3) is 0.286. The zero-order valence-electron chi connectivity index (χ0n) is 10.9. The van der Waals surface area contributed by atoms with Crippen LogP contribution in [0.3, 0.4) is 0 Å². The Morgan fingerprint density at radius 3 is 2.35 bits per heavy atom. The van der Waals surface area contributed by atoms with Crippen molar-refractivity contribution in [1.29, 1.82) is 0 Å². The van der Waals surface area contributed by atoms with E-state index in [0.717, 1.165) is 36.1 Å². The highest BCUT2D eigenvalue weighted by atomic mass is 32.2. The summed E-state index contributed by atoms with van der Waals surface area (Å²) in [4.78, 5) is 2.25. The van der Waals surface area contributed by atoms with Gasteiger partial charge in [0.1, 0.15) is 20.9 Å². The first-order chi connectivity index (χ1) is 9.74. The number of piperazine rings is 1. The monoisotopic (exact) mass is 308 g/mol. The Balaban J connectivity index is 1.62. The van der Waals surface area contributed by atoms with E-state index >= 15 is 0 Å². The molecule has 0 bridgehead atoms. The van der Waals surface area contributed by atoms with Gasteiger partial charge in [0.25, 0.3) is 0 Å². The molecule has 1 aliphatic rings. The lowest BCUT2D eigenvalue weighted by molar-refractivity contribution is 0.410. The van der Waals surface area contributed by atoms with E-state index in [1.807, 2.05) is 34.0 Å². The molecule has 1 atom stereocenters. The van der Waals surface area contributed by atoms with Crippen LogP contribution in [0.4, 0.5) is 5.69 Å². The Labute approximate surface area is 124 Å². The van der Waals surface area contributed by atoms with E-state index in [0.29, 0.717) is 0 Å². The van der Waals surface area contributed by atoms with Crippen LogP contribution >= 0.6 is 11.3 Å². The topological polar surface area (TPSA) is 43.8 Å². The molecule has 1 fully saturated rings. The Hall–Kier alpha value is -1.37. The van der Waals surface area contributed by atoms with E-state index in [2.05, 4.69) is 4.90 Å². The van der Waals surface area contributed by atoms with Gasteiger partial charge < -0.3 is 10.0 Å². The number of hydrogen-bond donors (Lipinski definition) is 1. The van der Waals surface area contributed by atoms with Gasteiger partial charge in [0.2, 0.25) is 0 Å². The van der Waals surface area contributed by atoms with Crippen molar-refractivity contribution in [2.45, 2.75) is 4.21 Å². The molecule has 0 amide bonds. The molecule has 106 valence electrons. The molecule has 20 heavy (non-hydrogen) atoms. The first-order valence-electron chi connectivity index (χ1n) is 6.48. The number of nitrogens with zero attached hydrogens (tertiary/aromatic N) is 2. The summed E-state index contributed by atoms with van der Waals surface area (Å²) in [7, 11) is -1.03. The third-order valence-corrected chi connectivity index (χ3v) is 6.05. The molecule has 0 aliphatic carbocycles. The van der Waals surface area contributed by atoms with Gasteiger partial charge in [-0.15, -0.1) is 11.3 Å². The fourth-order valence-electron chi connectivity index (χ4n) is 2.27. The summed E-state index contributed by atoms with van der Waals surface area (Å²) < 4.78 is 15.3. The number of phenolic OH excluding ortho intramolecular Hbond substituents is 1. The Bertz CT molecular complexity index is 576. The average molecular weight is 308 g/mol. The minimum Gasteiger partial charge on any atom is -0.508 e. The predicted molar refractivity (Wildman–Crippen MR) is 82.6 cm³/mol. The number of thiophene rings is 1. The average Bonchev–Trinajstić information content (AvgIpc) is 3.02. The van der Waals surface area contributed by atoms with Gasteiger partial charge in [0, 0.05) is 31.9 Å². The molecule has 1 aliphatic heterocycles. The highest BCUT2D eigenvalue weighted by Crippen LogP contribution is 2.22. The van der Waals surface area contributed by atoms with E-state index in [1.165, 1.54) is 0 Å². The van der Waals surface area contributed by atoms with E-state index in [-0.39, 0.29) is 5.75 Å². The van der Waals surface area contributed by atoms with Crippen LogP contribution in [0.5, 0.6) is 5.75 Å². The Kier molecular flexibility index (Phi) is 4.05. The van der Waals surface area contributed by atoms with Gasteiger partial charge in [-0.3, -0.25) is 0 Å². The number of benzene rings is 1. The minimum absolute atomic E-state index is 0.284. The highest BCUT2D eigenvalue weighted by Gasteiger charge is 2.22. The van der Waals surface area contributed by atoms with Crippen molar-refractivity contribution in [3.8, 4) is 5.75 Å². The first-order valence-corrected chi connectivity index (χ1v) is 8.47. The van der Waals surface area contributed by atoms with Crippen molar-refractivity contribution in [3.63, 3.8) is 0 Å². The van der Waals surface area contributed by atoms with Crippen LogP contribution in [0, 0.1) is 0 Å². The largest absolute Gasteiger partial charge is 0.508 e. The van der Waals surface area contributed by atoms with Crippen LogP contribution in [0.1, 0.15) is 0 Å². The summed E-state index contributed by atoms with van der Waals surface area (Å²) in [6.07, 6.45) is 0. The third kappa shape index (κ3) is 2.87. The van der Waals surface area contributed by atoms with Crippen LogP contribution in [0.25, 0.3) is 0 Å². The third-order valence-electron chi connectivity index (χ3n) is 3.36. The number of hydrogen-bond acceptors (Lipinski definition) is 4. The molecule has 0 radical (unpaired) electrons. The quantitative estimate of drug-likeness (QED) is 0.946. The van der Waals surface area contributed by atoms with Crippen molar-refractivity contribution in [2.75, 3.05) is 31.1 Å². The predicted octanol–water partition coefficient (Wildman–Crippen LogP) is 2.30. The van der Waals surface area contributed by atoms with E-state index in [4.69, 9.17) is 0 Å². The van der Waals surface area contributed by atoms with Gasteiger partial charge in [-0.25, -0.2) is 8.51 Å². The smallest absolute Gasteiger partial charge is 0.138 e. The summed E-state index contributed by atoms with van der Waals surface area (Å²) in [6, 6.07) is 11.1. The van der Waals surface area contributed by atoms with Crippen molar-refractivity contribution in [2.24, 2.45) is 0 Å². The molecular formula is C14H16N2O2S2. The first kappa shape index (κ1) is 13.6. The van der Waals surface area contributed by atoms with Crippen molar-refractivity contribution in [3.05, 3.63) is 41.8 Å². The van der Waals surface area contributed by atoms with Gasteiger partial charge in [-0.2, -0.15) is 0 Å². The SMILES string of the molecule is O=S(c1cccs1)N1CCN(c2ccc(O)cc2)CC1. The second kappa shape index (κ2) is 5.95. The van der Waals surface area contributed by atoms with E-state index < -0.39 is 11.0 Å². The second-order valence-corrected chi connectivity index (χ2v) is 7.27. The lowest BCUT2D eigenvalue weighted by Crippen LogP contribution is -2.46. The summed E-state index contributed by atoms with van der Waals surface area (Å²) in [5.74, 6) is 0.284. The normalized spacial score (nSPS) is 18.1. The minimum atomic E-state index is -1.03. The molecule has 4 nitrogen and oxygen atoms in total. The van der Waals surface area contributed by atoms with Gasteiger partial charge in [-0.1, -0.05) is 6.07 Å². The molecule has 6 heteroatoms. The molecule has 1 aromatic heterocycles. The zero-order valence-corrected chi connectivity index (χ0v) is 12.6. The number of phenols is 1. The Morgan fingerprint density at radius 2 is 1.75 bits per heavy atom. The van der Waals surface area contributed by atoms with Crippen LogP contribution in [0.15, 0.2) is 46.0 Å². The van der Waals surface area contributed by atoms with Crippen molar-refractivity contribution < 1.29 is 9.32 Å². The maximum Gasteiger partial charge on any atom is 0.138 e. The van der Waals surface area contributed by atoms with E-state index in [9.17, 15) is 9.32 Å². The highest BCUT2D eigenvalue weighted by molar-refractivity contribution is 7.85. The van der Waals surface area contributed by atoms with Gasteiger partial charge in [0.15, 0.2) is 0 Å². The van der Waals surface area contributed by atoms with Crippen LogP contribution in [0.2, 0.25) is 0 Å². The van der Waals surface area contributed by atoms with Crippen LogP contribution in [-0.4, -0.2) is 39.8 Å². The molecule has 1 aromatic carbocycles.